The van der Waals surface area contributed by atoms with Gasteiger partial charge in [0.25, 0.3) is 12.4 Å². The van der Waals surface area contributed by atoms with Crippen molar-refractivity contribution in [3.8, 4) is 17.5 Å². The van der Waals surface area contributed by atoms with E-state index in [1.54, 1.807) is 48.3 Å². The number of anilines is 2. The van der Waals surface area contributed by atoms with Crippen molar-refractivity contribution in [3.05, 3.63) is 53.9 Å². The molecule has 2 aromatic heterocycles. The van der Waals surface area contributed by atoms with Crippen LogP contribution in [0.1, 0.15) is 29.4 Å². The van der Waals surface area contributed by atoms with E-state index in [1.807, 2.05) is 13.0 Å². The Morgan fingerprint density at radius 3 is 2.74 bits per heavy atom. The van der Waals surface area contributed by atoms with E-state index in [0.717, 1.165) is 19.6 Å². The van der Waals surface area contributed by atoms with Crippen molar-refractivity contribution in [3.63, 3.8) is 0 Å². The Morgan fingerprint density at radius 2 is 2.06 bits per heavy atom. The minimum absolute atomic E-state index is 0.0603. The van der Waals surface area contributed by atoms with Crippen molar-refractivity contribution in [2.75, 3.05) is 25.0 Å². The topological polar surface area (TPSA) is 149 Å². The molecule has 1 aliphatic heterocycles. The van der Waals surface area contributed by atoms with Gasteiger partial charge in [-0.1, -0.05) is 6.07 Å². The predicted octanol–water partition coefficient (Wildman–Crippen LogP) is 2.02. The largest absolute Gasteiger partial charge is 0.483 e. The molecular formula is C23H26N8O3. The zero-order valence-electron chi connectivity index (χ0n) is 19.0. The van der Waals surface area contributed by atoms with Gasteiger partial charge in [-0.2, -0.15) is 10.4 Å². The Kier molecular flexibility index (Phi) is 8.26. The molecule has 0 spiro atoms. The average Bonchev–Trinajstić information content (AvgIpc) is 3.19. The van der Waals surface area contributed by atoms with Crippen LogP contribution in [0.25, 0.3) is 11.4 Å². The molecule has 0 radical (unpaired) electrons. The second-order valence-corrected chi connectivity index (χ2v) is 7.76. The second-order valence-electron chi connectivity index (χ2n) is 7.76. The first-order valence-electron chi connectivity index (χ1n) is 10.7. The van der Waals surface area contributed by atoms with Gasteiger partial charge in [-0.05, 0) is 56.8 Å². The number of nitrogens with one attached hydrogen (secondary N) is 2. The lowest BCUT2D eigenvalue weighted by atomic mass is 10.2. The fraction of sp³-hybridized carbons (Fsp3) is 0.304. The van der Waals surface area contributed by atoms with Crippen molar-refractivity contribution in [2.24, 2.45) is 7.05 Å². The number of carboxylic acid groups (broad SMARTS) is 1. The molecule has 3 N–H and O–H groups in total. The number of aryl methyl sites for hydroxylation is 1. The number of likely N-dealkylation sites (tertiary alicyclic amines) is 1. The smallest absolute Gasteiger partial charge is 0.290 e. The Hall–Kier alpha value is -4.30. The van der Waals surface area contributed by atoms with Crippen LogP contribution in [-0.4, -0.2) is 67.8 Å². The monoisotopic (exact) mass is 462 g/mol. The van der Waals surface area contributed by atoms with E-state index in [0.29, 0.717) is 34.3 Å². The summed E-state index contributed by atoms with van der Waals surface area (Å²) in [6.45, 7) is 4.81. The van der Waals surface area contributed by atoms with Crippen LogP contribution in [-0.2, 0) is 11.8 Å². The number of hydrogen-bond acceptors (Lipinski definition) is 8. The van der Waals surface area contributed by atoms with Crippen LogP contribution in [0.4, 0.5) is 11.6 Å². The summed E-state index contributed by atoms with van der Waals surface area (Å²) in [7, 11) is 1.74. The van der Waals surface area contributed by atoms with Crippen LogP contribution < -0.4 is 10.6 Å². The van der Waals surface area contributed by atoms with Gasteiger partial charge >= 0.3 is 0 Å². The summed E-state index contributed by atoms with van der Waals surface area (Å²) < 4.78 is 1.56. The highest BCUT2D eigenvalue weighted by atomic mass is 16.3. The molecule has 1 unspecified atom stereocenters. The van der Waals surface area contributed by atoms with Gasteiger partial charge < -0.3 is 20.6 Å². The molecule has 1 atom stereocenters. The molecule has 1 saturated heterocycles. The SMILES string of the molecule is CC(CN1CCC1)NC(=O)c1cc(-c2ccnc(Nc3cccc(C#N)c3)n2)nn1C.O=CO. The summed E-state index contributed by atoms with van der Waals surface area (Å²) >= 11 is 0. The van der Waals surface area contributed by atoms with Crippen LogP contribution in [0.15, 0.2) is 42.6 Å². The van der Waals surface area contributed by atoms with Gasteiger partial charge in [-0.15, -0.1) is 0 Å². The van der Waals surface area contributed by atoms with E-state index in [2.05, 4.69) is 36.7 Å². The van der Waals surface area contributed by atoms with Gasteiger partial charge in [-0.25, -0.2) is 9.97 Å². The summed E-state index contributed by atoms with van der Waals surface area (Å²) in [5.41, 5.74) is 2.91. The third kappa shape index (κ3) is 6.36. The van der Waals surface area contributed by atoms with Crippen LogP contribution in [0.2, 0.25) is 0 Å². The summed E-state index contributed by atoms with van der Waals surface area (Å²) in [5, 5.41) is 26.5. The van der Waals surface area contributed by atoms with Gasteiger partial charge in [0.15, 0.2) is 0 Å². The maximum atomic E-state index is 12.7. The lowest BCUT2D eigenvalue weighted by molar-refractivity contribution is -0.122. The molecule has 3 aromatic rings. The third-order valence-electron chi connectivity index (χ3n) is 5.14. The van der Waals surface area contributed by atoms with Gasteiger partial charge in [0.2, 0.25) is 5.95 Å². The first kappa shape index (κ1) is 24.3. The van der Waals surface area contributed by atoms with E-state index in [1.165, 1.54) is 6.42 Å². The van der Waals surface area contributed by atoms with Crippen molar-refractivity contribution in [1.82, 2.24) is 30.0 Å². The summed E-state index contributed by atoms with van der Waals surface area (Å²) in [6, 6.07) is 12.7. The Balaban J connectivity index is 0.00000103. The molecule has 11 heteroatoms. The Morgan fingerprint density at radius 1 is 1.29 bits per heavy atom. The quantitative estimate of drug-likeness (QED) is 0.448. The number of nitriles is 1. The molecule has 176 valence electrons. The Labute approximate surface area is 197 Å². The minimum Gasteiger partial charge on any atom is -0.483 e. The highest BCUT2D eigenvalue weighted by Crippen LogP contribution is 2.20. The summed E-state index contributed by atoms with van der Waals surface area (Å²) in [5.74, 6) is 0.224. The van der Waals surface area contributed by atoms with Gasteiger partial charge in [0.05, 0.1) is 17.3 Å². The van der Waals surface area contributed by atoms with Crippen LogP contribution in [0.3, 0.4) is 0 Å². The number of carbonyl (C=O) groups excluding carboxylic acids is 1. The molecule has 1 fully saturated rings. The third-order valence-corrected chi connectivity index (χ3v) is 5.14. The molecule has 0 saturated carbocycles. The van der Waals surface area contributed by atoms with Crippen molar-refractivity contribution < 1.29 is 14.7 Å². The zero-order chi connectivity index (χ0) is 24.5. The standard InChI is InChI=1S/C22H24N8O.CH2O2/c1-15(14-30-9-4-10-30)25-21(31)20-12-19(28-29(20)2)18-7-8-24-22(27-18)26-17-6-3-5-16(11-17)13-23;2-1-3/h3,5-8,11-12,15H,4,9-10,14H2,1-2H3,(H,25,31)(H,24,26,27);1H,(H,2,3). The van der Waals surface area contributed by atoms with E-state index in [4.69, 9.17) is 15.2 Å². The normalized spacial score (nSPS) is 13.4. The van der Waals surface area contributed by atoms with E-state index >= 15 is 0 Å². The fourth-order valence-corrected chi connectivity index (χ4v) is 3.46. The zero-order valence-corrected chi connectivity index (χ0v) is 19.0. The van der Waals surface area contributed by atoms with Crippen LogP contribution in [0.5, 0.6) is 0 Å². The maximum absolute atomic E-state index is 12.7. The lowest BCUT2D eigenvalue weighted by Crippen LogP contribution is -2.47. The highest BCUT2D eigenvalue weighted by Gasteiger charge is 2.20. The molecule has 1 aromatic carbocycles. The number of aromatic nitrogens is 4. The first-order valence-corrected chi connectivity index (χ1v) is 10.7. The summed E-state index contributed by atoms with van der Waals surface area (Å²) in [4.78, 5) is 32.1. The van der Waals surface area contributed by atoms with Crippen molar-refractivity contribution >= 4 is 24.0 Å². The van der Waals surface area contributed by atoms with E-state index in [9.17, 15) is 4.79 Å². The number of benzene rings is 1. The number of carbonyl (C=O) groups is 2. The lowest BCUT2D eigenvalue weighted by Gasteiger charge is -2.33. The molecule has 0 aliphatic carbocycles. The number of rotatable bonds is 7. The molecule has 1 aliphatic rings. The second kappa shape index (κ2) is 11.5. The van der Waals surface area contributed by atoms with Gasteiger partial charge in [-0.3, -0.25) is 14.3 Å². The molecular weight excluding hydrogens is 436 g/mol. The maximum Gasteiger partial charge on any atom is 0.290 e. The molecule has 0 bridgehead atoms. The van der Waals surface area contributed by atoms with Crippen molar-refractivity contribution in [2.45, 2.75) is 19.4 Å². The molecule has 11 nitrogen and oxygen atoms in total. The number of nitrogens with zero attached hydrogens (tertiary/aromatic N) is 6. The highest BCUT2D eigenvalue weighted by molar-refractivity contribution is 5.93. The molecule has 4 rings (SSSR count). The number of hydrogen-bond donors (Lipinski definition) is 3. The van der Waals surface area contributed by atoms with E-state index < -0.39 is 0 Å². The van der Waals surface area contributed by atoms with Gasteiger partial charge in [0, 0.05) is 31.5 Å². The molecule has 3 heterocycles. The van der Waals surface area contributed by atoms with Gasteiger partial charge in [0.1, 0.15) is 11.4 Å². The molecule has 1 amide bonds. The molecule has 34 heavy (non-hydrogen) atoms. The fourth-order valence-electron chi connectivity index (χ4n) is 3.46. The van der Waals surface area contributed by atoms with Crippen molar-refractivity contribution in [1.29, 1.82) is 5.26 Å². The van der Waals surface area contributed by atoms with E-state index in [-0.39, 0.29) is 18.4 Å². The predicted molar refractivity (Wildman–Crippen MR) is 125 cm³/mol. The Bertz CT molecular complexity index is 1180. The van der Waals surface area contributed by atoms with Crippen LogP contribution in [0, 0.1) is 11.3 Å². The van der Waals surface area contributed by atoms with Crippen LogP contribution >= 0.6 is 0 Å². The number of amides is 1. The minimum atomic E-state index is -0.250. The average molecular weight is 463 g/mol. The first-order chi connectivity index (χ1) is 16.4. The summed E-state index contributed by atoms with van der Waals surface area (Å²) in [6.07, 6.45) is 2.85.